The van der Waals surface area contributed by atoms with Gasteiger partial charge in [-0.15, -0.1) is 0 Å². The maximum absolute atomic E-state index is 11.1. The number of aryl methyl sites for hydroxylation is 1. The maximum atomic E-state index is 11.1. The van der Waals surface area contributed by atoms with Crippen LogP contribution in [0.2, 0.25) is 5.15 Å². The molecule has 2 nitrogen and oxygen atoms in total. The van der Waals surface area contributed by atoms with E-state index in [1.54, 1.807) is 6.20 Å². The number of pyridine rings is 1. The molecule has 4 heteroatoms. The molecule has 0 fully saturated rings. The number of hydrogen-bond donors (Lipinski definition) is 0. The lowest BCUT2D eigenvalue weighted by Gasteiger charge is -2.04. The Kier molecular flexibility index (Phi) is 2.85. The van der Waals surface area contributed by atoms with E-state index in [0.29, 0.717) is 5.56 Å². The summed E-state index contributed by atoms with van der Waals surface area (Å²) >= 11 is 9.02. The van der Waals surface area contributed by atoms with E-state index in [0.717, 1.165) is 10.0 Å². The van der Waals surface area contributed by atoms with E-state index in [1.807, 2.05) is 6.92 Å². The van der Waals surface area contributed by atoms with Gasteiger partial charge in [0.15, 0.2) is 5.78 Å². The minimum absolute atomic E-state index is 0.0805. The van der Waals surface area contributed by atoms with Crippen molar-refractivity contribution in [1.29, 1.82) is 0 Å². The highest BCUT2D eigenvalue weighted by atomic mass is 79.9. The molecule has 0 spiro atoms. The zero-order valence-corrected chi connectivity index (χ0v) is 9.03. The highest BCUT2D eigenvalue weighted by Crippen LogP contribution is 2.26. The summed E-state index contributed by atoms with van der Waals surface area (Å²) < 4.78 is 0.731. The summed E-state index contributed by atoms with van der Waals surface area (Å²) in [5, 5.41) is 0.250. The SMILES string of the molecule is CC(=O)c1c(Cl)ncc(C)c1Br. The number of halogens is 2. The van der Waals surface area contributed by atoms with E-state index in [2.05, 4.69) is 20.9 Å². The van der Waals surface area contributed by atoms with Crippen molar-refractivity contribution < 1.29 is 4.79 Å². The summed E-state index contributed by atoms with van der Waals surface area (Å²) in [4.78, 5) is 15.0. The molecular weight excluding hydrogens is 241 g/mol. The quantitative estimate of drug-likeness (QED) is 0.565. The normalized spacial score (nSPS) is 10.0. The molecule has 0 N–H and O–H groups in total. The van der Waals surface area contributed by atoms with E-state index < -0.39 is 0 Å². The van der Waals surface area contributed by atoms with Gasteiger partial charge in [0.05, 0.1) is 5.56 Å². The second kappa shape index (κ2) is 3.54. The van der Waals surface area contributed by atoms with Crippen molar-refractivity contribution in [1.82, 2.24) is 4.98 Å². The standard InChI is InChI=1S/C8H7BrClNO/c1-4-3-11-8(10)6(5(2)12)7(4)9/h3H,1-2H3. The van der Waals surface area contributed by atoms with Crippen LogP contribution in [-0.2, 0) is 0 Å². The third-order valence-electron chi connectivity index (χ3n) is 1.50. The topological polar surface area (TPSA) is 30.0 Å². The molecule has 12 heavy (non-hydrogen) atoms. The van der Waals surface area contributed by atoms with Crippen LogP contribution >= 0.6 is 27.5 Å². The van der Waals surface area contributed by atoms with Gasteiger partial charge >= 0.3 is 0 Å². The van der Waals surface area contributed by atoms with Crippen molar-refractivity contribution in [2.75, 3.05) is 0 Å². The molecule has 0 aliphatic carbocycles. The lowest BCUT2D eigenvalue weighted by molar-refractivity contribution is 0.101. The monoisotopic (exact) mass is 247 g/mol. The Morgan fingerprint density at radius 1 is 1.67 bits per heavy atom. The minimum atomic E-state index is -0.0805. The van der Waals surface area contributed by atoms with Gasteiger partial charge in [0.25, 0.3) is 0 Å². The molecule has 0 aliphatic heterocycles. The summed E-state index contributed by atoms with van der Waals surface area (Å²) in [5.74, 6) is -0.0805. The number of nitrogens with zero attached hydrogens (tertiary/aromatic N) is 1. The largest absolute Gasteiger partial charge is 0.294 e. The third kappa shape index (κ3) is 1.67. The molecule has 1 aromatic heterocycles. The van der Waals surface area contributed by atoms with Gasteiger partial charge in [-0.25, -0.2) is 4.98 Å². The van der Waals surface area contributed by atoms with Crippen LogP contribution in [0.25, 0.3) is 0 Å². The molecule has 1 heterocycles. The van der Waals surface area contributed by atoms with Crippen LogP contribution in [0.4, 0.5) is 0 Å². The van der Waals surface area contributed by atoms with Crippen LogP contribution in [0, 0.1) is 6.92 Å². The Bertz CT molecular complexity index is 338. The molecule has 1 rings (SSSR count). The van der Waals surface area contributed by atoms with Crippen molar-refractivity contribution in [2.45, 2.75) is 13.8 Å². The van der Waals surface area contributed by atoms with Crippen LogP contribution in [0.5, 0.6) is 0 Å². The number of Topliss-reactive ketones (excluding diaryl/α,β-unsaturated/α-hetero) is 1. The average molecular weight is 249 g/mol. The predicted molar refractivity (Wildman–Crippen MR) is 51.7 cm³/mol. The zero-order chi connectivity index (χ0) is 9.30. The van der Waals surface area contributed by atoms with Crippen LogP contribution in [0.3, 0.4) is 0 Å². The molecule has 0 amide bonds. The first-order valence-electron chi connectivity index (χ1n) is 3.35. The first-order valence-corrected chi connectivity index (χ1v) is 4.52. The fourth-order valence-electron chi connectivity index (χ4n) is 0.862. The molecule has 64 valence electrons. The van der Waals surface area contributed by atoms with Crippen molar-refractivity contribution in [3.05, 3.63) is 26.9 Å². The lowest BCUT2D eigenvalue weighted by Crippen LogP contribution is -1.98. The smallest absolute Gasteiger partial charge is 0.164 e. The lowest BCUT2D eigenvalue weighted by atomic mass is 10.1. The van der Waals surface area contributed by atoms with Gasteiger partial charge in [0, 0.05) is 10.7 Å². The van der Waals surface area contributed by atoms with Crippen LogP contribution in [-0.4, -0.2) is 10.8 Å². The third-order valence-corrected chi connectivity index (χ3v) is 2.80. The van der Waals surface area contributed by atoms with E-state index in [1.165, 1.54) is 6.92 Å². The summed E-state index contributed by atoms with van der Waals surface area (Å²) in [6, 6.07) is 0. The van der Waals surface area contributed by atoms with Crippen molar-refractivity contribution in [2.24, 2.45) is 0 Å². The Hall–Kier alpha value is -0.410. The number of ketones is 1. The summed E-state index contributed by atoms with van der Waals surface area (Å²) in [6.07, 6.45) is 1.62. The number of aromatic nitrogens is 1. The number of hydrogen-bond acceptors (Lipinski definition) is 2. The molecule has 0 radical (unpaired) electrons. The first kappa shape index (κ1) is 9.68. The van der Waals surface area contributed by atoms with E-state index in [9.17, 15) is 4.79 Å². The van der Waals surface area contributed by atoms with Gasteiger partial charge in [0.2, 0.25) is 0 Å². The summed E-state index contributed by atoms with van der Waals surface area (Å²) in [7, 11) is 0. The Labute approximate surface area is 84.1 Å². The number of carbonyl (C=O) groups is 1. The van der Waals surface area contributed by atoms with E-state index in [-0.39, 0.29) is 10.9 Å². The fraction of sp³-hybridized carbons (Fsp3) is 0.250. The highest BCUT2D eigenvalue weighted by molar-refractivity contribution is 9.10. The second-order valence-electron chi connectivity index (χ2n) is 2.48. The second-order valence-corrected chi connectivity index (χ2v) is 3.63. The molecule has 0 atom stereocenters. The zero-order valence-electron chi connectivity index (χ0n) is 6.69. The molecule has 0 saturated heterocycles. The number of rotatable bonds is 1. The summed E-state index contributed by atoms with van der Waals surface area (Å²) in [6.45, 7) is 3.33. The molecule has 0 aliphatic rings. The van der Waals surface area contributed by atoms with Crippen molar-refractivity contribution in [3.8, 4) is 0 Å². The van der Waals surface area contributed by atoms with Crippen LogP contribution in [0.1, 0.15) is 22.8 Å². The maximum Gasteiger partial charge on any atom is 0.164 e. The number of carbonyl (C=O) groups excluding carboxylic acids is 1. The fourth-order valence-corrected chi connectivity index (χ4v) is 1.82. The minimum Gasteiger partial charge on any atom is -0.294 e. The van der Waals surface area contributed by atoms with Crippen molar-refractivity contribution >= 4 is 33.3 Å². The highest BCUT2D eigenvalue weighted by Gasteiger charge is 2.12. The van der Waals surface area contributed by atoms with Gasteiger partial charge in [-0.1, -0.05) is 11.6 Å². The van der Waals surface area contributed by atoms with Crippen LogP contribution in [0.15, 0.2) is 10.7 Å². The summed E-state index contributed by atoms with van der Waals surface area (Å²) in [5.41, 5.74) is 1.36. The average Bonchev–Trinajstić information content (AvgIpc) is 1.97. The Morgan fingerprint density at radius 3 is 2.67 bits per heavy atom. The molecule has 0 bridgehead atoms. The first-order chi connectivity index (χ1) is 5.54. The van der Waals surface area contributed by atoms with Gasteiger partial charge in [-0.05, 0) is 35.3 Å². The van der Waals surface area contributed by atoms with Crippen molar-refractivity contribution in [3.63, 3.8) is 0 Å². The van der Waals surface area contributed by atoms with Crippen LogP contribution < -0.4 is 0 Å². The molecular formula is C8H7BrClNO. The Balaban J connectivity index is 3.43. The van der Waals surface area contributed by atoms with Gasteiger partial charge in [0.1, 0.15) is 5.15 Å². The molecule has 0 saturated carbocycles. The van der Waals surface area contributed by atoms with Gasteiger partial charge < -0.3 is 0 Å². The molecule has 1 aromatic rings. The van der Waals surface area contributed by atoms with E-state index in [4.69, 9.17) is 11.6 Å². The molecule has 0 aromatic carbocycles. The van der Waals surface area contributed by atoms with Gasteiger partial charge in [-0.2, -0.15) is 0 Å². The Morgan fingerprint density at radius 2 is 2.25 bits per heavy atom. The van der Waals surface area contributed by atoms with Gasteiger partial charge in [-0.3, -0.25) is 4.79 Å². The molecule has 0 unspecified atom stereocenters. The predicted octanol–water partition coefficient (Wildman–Crippen LogP) is 3.01. The van der Waals surface area contributed by atoms with E-state index >= 15 is 0 Å².